The number of rotatable bonds is 20. The molecule has 4 atom stereocenters. The van der Waals surface area contributed by atoms with Crippen LogP contribution in [0.5, 0.6) is 11.5 Å². The summed E-state index contributed by atoms with van der Waals surface area (Å²) in [4.78, 5) is 26.6. The number of nitrogens with zero attached hydrogens (tertiary/aromatic N) is 1. The van der Waals surface area contributed by atoms with Crippen molar-refractivity contribution >= 4 is 27.5 Å². The lowest BCUT2D eigenvalue weighted by atomic mass is 9.73. The minimum Gasteiger partial charge on any atom is -0.543 e. The normalized spacial score (nSPS) is 18.1. The predicted molar refractivity (Wildman–Crippen MR) is 206 cm³/mol. The summed E-state index contributed by atoms with van der Waals surface area (Å²) >= 11 is 0. The van der Waals surface area contributed by atoms with Crippen LogP contribution in [0.4, 0.5) is 4.79 Å². The topological polar surface area (TPSA) is 102 Å². The molecule has 0 heterocycles. The number of carboxylic acids is 1. The lowest BCUT2D eigenvalue weighted by Gasteiger charge is -2.37. The van der Waals surface area contributed by atoms with Crippen LogP contribution < -0.4 is 8.95 Å². The fraction of sp³-hybridized carbons (Fsp3) is 0.550. The number of aryl methyl sites for hydroxylation is 1. The quantitative estimate of drug-likeness (QED) is 0.0623. The van der Waals surface area contributed by atoms with Gasteiger partial charge in [0.2, 0.25) is 8.32 Å². The lowest BCUT2D eigenvalue weighted by molar-refractivity contribution is -0.141. The molecule has 1 unspecified atom stereocenters. The Morgan fingerprint density at radius 3 is 2.22 bits per heavy atom. The molecule has 0 saturated carbocycles. The second kappa shape index (κ2) is 18.9. The summed E-state index contributed by atoms with van der Waals surface area (Å²) < 4.78 is 36.0. The van der Waals surface area contributed by atoms with E-state index in [2.05, 4.69) is 53.3 Å². The molecule has 10 heteroatoms. The van der Waals surface area contributed by atoms with Crippen molar-refractivity contribution in [2.45, 2.75) is 131 Å². The average molecular weight is 726 g/mol. The Morgan fingerprint density at radius 1 is 1.02 bits per heavy atom. The maximum atomic E-state index is 15.5. The average Bonchev–Trinajstić information content (AvgIpc) is 3.09. The number of ether oxygens (including phenoxy) is 1. The van der Waals surface area contributed by atoms with Crippen molar-refractivity contribution in [3.05, 3.63) is 83.0 Å². The minimum absolute atomic E-state index is 0.0506. The maximum absolute atomic E-state index is 15.5. The van der Waals surface area contributed by atoms with Crippen molar-refractivity contribution in [1.29, 1.82) is 0 Å². The van der Waals surface area contributed by atoms with Crippen molar-refractivity contribution < 1.29 is 32.9 Å². The summed E-state index contributed by atoms with van der Waals surface area (Å²) in [5, 5.41) is 10.3. The first-order valence-electron chi connectivity index (χ1n) is 18.5. The third-order valence-electron chi connectivity index (χ3n) is 10.3. The van der Waals surface area contributed by atoms with Gasteiger partial charge in [-0.25, -0.2) is 9.36 Å². The largest absolute Gasteiger partial charge is 0.543 e. The van der Waals surface area contributed by atoms with Gasteiger partial charge in [0.05, 0.1) is 6.61 Å². The highest BCUT2D eigenvalue weighted by molar-refractivity contribution is 7.73. The molecule has 0 aromatic heterocycles. The Hall–Kier alpha value is -3.13. The SMILES string of the molecule is C=C(C)[C@@H]1CCC(C)=C[C@H]1c1c(O[Si](CC)(CC)CC)cc(CCCCC)cc1OP(=O)(C(=O)OCC)N(Cc1ccccc1)[C@@H](C)C(=O)O. The molecule has 8 nitrogen and oxygen atoms in total. The molecule has 3 rings (SSSR count). The molecule has 0 bridgehead atoms. The zero-order valence-electron chi connectivity index (χ0n) is 31.6. The molecule has 0 aliphatic heterocycles. The van der Waals surface area contributed by atoms with Crippen molar-refractivity contribution in [3.63, 3.8) is 0 Å². The number of allylic oxidation sites excluding steroid dienone is 3. The second-order valence-corrected chi connectivity index (χ2v) is 20.5. The molecule has 0 radical (unpaired) electrons. The van der Waals surface area contributed by atoms with Crippen LogP contribution in [0.2, 0.25) is 18.1 Å². The van der Waals surface area contributed by atoms with Gasteiger partial charge in [0, 0.05) is 18.0 Å². The first-order chi connectivity index (χ1) is 23.8. The third kappa shape index (κ3) is 10.0. The summed E-state index contributed by atoms with van der Waals surface area (Å²) in [6.45, 7) is 20.1. The van der Waals surface area contributed by atoms with Gasteiger partial charge in [-0.2, -0.15) is 4.67 Å². The fourth-order valence-corrected chi connectivity index (χ4v) is 11.4. The summed E-state index contributed by atoms with van der Waals surface area (Å²) in [6, 6.07) is 14.5. The standard InChI is InChI=1S/C40H60NO7PSi/c1-10-15-17-22-33-26-36(47-49(45,40(44)46-11-2)41(31(9)39(42)43)28-32-20-18-16-19-21-32)38(35-25-30(8)23-24-34(35)29(6)7)37(27-33)48-50(12-3,13-4)14-5/h16,18-21,25-27,31,34-35H,6,10-15,17,22-24,28H2,1-5,7-9H3,(H,42,43)/t31-,34-,35+,49?/m0/s1. The predicted octanol–water partition coefficient (Wildman–Crippen LogP) is 11.5. The Labute approximate surface area is 301 Å². The first-order valence-corrected chi connectivity index (χ1v) is 22.6. The molecule has 1 N–H and O–H groups in total. The summed E-state index contributed by atoms with van der Waals surface area (Å²) in [6.07, 6.45) is 7.81. The number of unbranched alkanes of at least 4 members (excludes halogenated alkanes) is 2. The van der Waals surface area contributed by atoms with Crippen molar-refractivity contribution in [2.24, 2.45) is 5.92 Å². The van der Waals surface area contributed by atoms with Crippen molar-refractivity contribution in [2.75, 3.05) is 6.61 Å². The van der Waals surface area contributed by atoms with Crippen LogP contribution >= 0.6 is 7.52 Å². The van der Waals surface area contributed by atoms with E-state index in [9.17, 15) is 14.7 Å². The lowest BCUT2D eigenvalue weighted by Crippen LogP contribution is -2.40. The molecule has 0 fully saturated rings. The van der Waals surface area contributed by atoms with Crippen molar-refractivity contribution in [3.8, 4) is 11.5 Å². The highest BCUT2D eigenvalue weighted by Gasteiger charge is 2.49. The van der Waals surface area contributed by atoms with Gasteiger partial charge in [-0.1, -0.05) is 94.7 Å². The Kier molecular flexibility index (Phi) is 15.6. The number of hydrogen-bond donors (Lipinski definition) is 1. The van der Waals surface area contributed by atoms with Crippen LogP contribution in [0.3, 0.4) is 0 Å². The number of carbonyl (C=O) groups is 2. The van der Waals surface area contributed by atoms with Gasteiger partial charge < -0.3 is 18.8 Å². The Morgan fingerprint density at radius 2 is 1.66 bits per heavy atom. The van der Waals surface area contributed by atoms with E-state index < -0.39 is 33.6 Å². The second-order valence-electron chi connectivity index (χ2n) is 13.7. The van der Waals surface area contributed by atoms with Gasteiger partial charge in [0.25, 0.3) is 0 Å². The zero-order chi connectivity index (χ0) is 37.1. The molecule has 0 spiro atoms. The van der Waals surface area contributed by atoms with Crippen LogP contribution in [0, 0.1) is 5.92 Å². The van der Waals surface area contributed by atoms with Crippen LogP contribution in [-0.4, -0.2) is 42.4 Å². The number of aliphatic carboxylic acids is 1. The van der Waals surface area contributed by atoms with Crippen LogP contribution in [-0.2, 0) is 27.1 Å². The summed E-state index contributed by atoms with van der Waals surface area (Å²) in [5.41, 5.74) is 3.53. The van der Waals surface area contributed by atoms with E-state index in [1.165, 1.54) is 12.5 Å². The van der Waals surface area contributed by atoms with E-state index in [1.807, 2.05) is 31.2 Å². The number of carbonyl (C=O) groups excluding carboxylic acids is 1. The van der Waals surface area contributed by atoms with E-state index >= 15 is 4.57 Å². The van der Waals surface area contributed by atoms with E-state index in [1.54, 1.807) is 19.1 Å². The van der Waals surface area contributed by atoms with Gasteiger partial charge in [-0.3, -0.25) is 4.79 Å². The van der Waals surface area contributed by atoms with E-state index in [4.69, 9.17) is 13.7 Å². The monoisotopic (exact) mass is 725 g/mol. The summed E-state index contributed by atoms with van der Waals surface area (Å²) in [5.74, 6) is -0.428. The zero-order valence-corrected chi connectivity index (χ0v) is 33.5. The number of benzene rings is 2. The smallest absolute Gasteiger partial charge is 0.427 e. The Balaban J connectivity index is 2.44. The van der Waals surface area contributed by atoms with Gasteiger partial charge in [0.1, 0.15) is 17.5 Å². The Bertz CT molecular complexity index is 1530. The fourth-order valence-electron chi connectivity index (χ4n) is 6.86. The molecular weight excluding hydrogens is 666 g/mol. The molecule has 276 valence electrons. The van der Waals surface area contributed by atoms with E-state index in [0.717, 1.165) is 78.0 Å². The number of carboxylic acid groups (broad SMARTS) is 1. The molecule has 2 aromatic rings. The first kappa shape index (κ1) is 41.3. The molecule has 2 aromatic carbocycles. The van der Waals surface area contributed by atoms with Crippen LogP contribution in [0.25, 0.3) is 0 Å². The van der Waals surface area contributed by atoms with Gasteiger partial charge in [0.15, 0.2) is 0 Å². The molecular formula is C40H60NO7PSi. The van der Waals surface area contributed by atoms with Crippen LogP contribution in [0.15, 0.2) is 66.3 Å². The third-order valence-corrected chi connectivity index (χ3v) is 17.0. The molecule has 0 amide bonds. The van der Waals surface area contributed by atoms with Gasteiger partial charge in [-0.15, -0.1) is 0 Å². The highest BCUT2D eigenvalue weighted by Crippen LogP contribution is 2.58. The van der Waals surface area contributed by atoms with Crippen LogP contribution in [0.1, 0.15) is 110 Å². The molecule has 50 heavy (non-hydrogen) atoms. The summed E-state index contributed by atoms with van der Waals surface area (Å²) in [7, 11) is -6.96. The van der Waals surface area contributed by atoms with E-state index in [0.29, 0.717) is 11.3 Å². The maximum Gasteiger partial charge on any atom is 0.427 e. The number of hydrogen-bond acceptors (Lipinski definition) is 6. The molecule has 1 aliphatic rings. The van der Waals surface area contributed by atoms with E-state index in [-0.39, 0.29) is 30.7 Å². The highest BCUT2D eigenvalue weighted by atomic mass is 31.2. The van der Waals surface area contributed by atoms with Crippen molar-refractivity contribution in [1.82, 2.24) is 4.67 Å². The molecule has 1 aliphatic carbocycles. The van der Waals surface area contributed by atoms with Gasteiger partial charge >= 0.3 is 19.2 Å². The minimum atomic E-state index is -4.71. The van der Waals surface area contributed by atoms with Gasteiger partial charge in [-0.05, 0) is 101 Å². The molecule has 0 saturated heterocycles.